The van der Waals surface area contributed by atoms with E-state index in [1.807, 2.05) is 19.4 Å². The molecule has 3 heterocycles. The average Bonchev–Trinajstić information content (AvgIpc) is 2.95. The van der Waals surface area contributed by atoms with Crippen LogP contribution in [0.15, 0.2) is 12.4 Å². The molecule has 0 aromatic carbocycles. The molecule has 0 amide bonds. The minimum absolute atomic E-state index is 0.269. The minimum Gasteiger partial charge on any atom is -0.390 e. The highest BCUT2D eigenvalue weighted by Crippen LogP contribution is 2.08. The molecule has 23 heavy (non-hydrogen) atoms. The number of morpholine rings is 1. The van der Waals surface area contributed by atoms with Gasteiger partial charge in [-0.05, 0) is 0 Å². The van der Waals surface area contributed by atoms with E-state index in [2.05, 4.69) is 24.3 Å². The Bertz CT molecular complexity index is 467. The Morgan fingerprint density at radius 1 is 1.04 bits per heavy atom. The summed E-state index contributed by atoms with van der Waals surface area (Å²) in [4.78, 5) is 11.5. The Balaban J connectivity index is 1.36. The molecule has 1 unspecified atom stereocenters. The molecule has 2 aliphatic rings. The first kappa shape index (κ1) is 16.9. The van der Waals surface area contributed by atoms with E-state index >= 15 is 0 Å². The van der Waals surface area contributed by atoms with Gasteiger partial charge in [0, 0.05) is 71.8 Å². The molecule has 0 bridgehead atoms. The van der Waals surface area contributed by atoms with Gasteiger partial charge in [-0.2, -0.15) is 0 Å². The third-order valence-corrected chi connectivity index (χ3v) is 4.79. The van der Waals surface area contributed by atoms with Crippen LogP contribution in [0, 0.1) is 0 Å². The van der Waals surface area contributed by atoms with E-state index in [0.717, 1.165) is 77.9 Å². The van der Waals surface area contributed by atoms with Gasteiger partial charge in [-0.3, -0.25) is 14.7 Å². The van der Waals surface area contributed by atoms with Gasteiger partial charge in [0.25, 0.3) is 0 Å². The van der Waals surface area contributed by atoms with E-state index in [1.54, 1.807) is 0 Å². The molecular formula is C16H29N5O2. The monoisotopic (exact) mass is 323 g/mol. The van der Waals surface area contributed by atoms with Gasteiger partial charge in [-0.1, -0.05) is 0 Å². The molecule has 3 rings (SSSR count). The first-order valence-electron chi connectivity index (χ1n) is 8.60. The Hall–Kier alpha value is -0.990. The van der Waals surface area contributed by atoms with Crippen LogP contribution in [0.1, 0.15) is 5.82 Å². The summed E-state index contributed by atoms with van der Waals surface area (Å²) in [7, 11) is 2.04. The van der Waals surface area contributed by atoms with E-state index in [4.69, 9.17) is 4.74 Å². The van der Waals surface area contributed by atoms with Crippen molar-refractivity contribution in [3.63, 3.8) is 0 Å². The van der Waals surface area contributed by atoms with Crippen molar-refractivity contribution in [1.29, 1.82) is 0 Å². The van der Waals surface area contributed by atoms with Gasteiger partial charge >= 0.3 is 0 Å². The van der Waals surface area contributed by atoms with Crippen LogP contribution >= 0.6 is 0 Å². The Labute approximate surface area is 138 Å². The third kappa shape index (κ3) is 4.99. The zero-order valence-electron chi connectivity index (χ0n) is 14.1. The highest BCUT2D eigenvalue weighted by Gasteiger charge is 2.21. The number of ether oxygens (including phenoxy) is 1. The zero-order chi connectivity index (χ0) is 16.1. The van der Waals surface area contributed by atoms with Crippen molar-refractivity contribution in [2.24, 2.45) is 7.05 Å². The van der Waals surface area contributed by atoms with Crippen molar-refractivity contribution in [2.45, 2.75) is 12.6 Å². The minimum atomic E-state index is -0.269. The van der Waals surface area contributed by atoms with E-state index < -0.39 is 0 Å². The third-order valence-electron chi connectivity index (χ3n) is 4.79. The summed E-state index contributed by atoms with van der Waals surface area (Å²) in [6.45, 7) is 10.0. The maximum atomic E-state index is 10.3. The van der Waals surface area contributed by atoms with Crippen LogP contribution < -0.4 is 0 Å². The molecule has 0 saturated carbocycles. The number of aryl methyl sites for hydroxylation is 1. The highest BCUT2D eigenvalue weighted by atomic mass is 16.5. The molecule has 1 atom stereocenters. The number of hydrogen-bond acceptors (Lipinski definition) is 6. The quantitative estimate of drug-likeness (QED) is 0.742. The van der Waals surface area contributed by atoms with Crippen LogP contribution in [-0.2, 0) is 18.3 Å². The van der Waals surface area contributed by atoms with Crippen LogP contribution in [0.5, 0.6) is 0 Å². The fraction of sp³-hybridized carbons (Fsp3) is 0.812. The Morgan fingerprint density at radius 2 is 1.65 bits per heavy atom. The van der Waals surface area contributed by atoms with E-state index in [-0.39, 0.29) is 6.10 Å². The predicted molar refractivity (Wildman–Crippen MR) is 88.2 cm³/mol. The van der Waals surface area contributed by atoms with Crippen molar-refractivity contribution >= 4 is 0 Å². The maximum Gasteiger partial charge on any atom is 0.122 e. The van der Waals surface area contributed by atoms with Gasteiger partial charge in [-0.25, -0.2) is 4.98 Å². The summed E-state index contributed by atoms with van der Waals surface area (Å²) in [5, 5.41) is 10.3. The second-order valence-corrected chi connectivity index (χ2v) is 6.60. The predicted octanol–water partition coefficient (Wildman–Crippen LogP) is -0.769. The molecule has 2 fully saturated rings. The molecule has 2 saturated heterocycles. The van der Waals surface area contributed by atoms with Crippen molar-refractivity contribution in [2.75, 3.05) is 65.6 Å². The summed E-state index contributed by atoms with van der Waals surface area (Å²) >= 11 is 0. The van der Waals surface area contributed by atoms with Crippen molar-refractivity contribution in [1.82, 2.24) is 24.3 Å². The molecular weight excluding hydrogens is 294 g/mol. The van der Waals surface area contributed by atoms with Gasteiger partial charge in [0.05, 0.1) is 25.9 Å². The number of rotatable bonds is 6. The number of β-amino-alcohol motifs (C(OH)–C–C–N with tert-alkyl or cyclic N) is 1. The van der Waals surface area contributed by atoms with Crippen LogP contribution in [0.25, 0.3) is 0 Å². The first-order valence-corrected chi connectivity index (χ1v) is 8.60. The normalized spacial score (nSPS) is 23.2. The fourth-order valence-corrected chi connectivity index (χ4v) is 3.32. The number of nitrogens with zero attached hydrogens (tertiary/aromatic N) is 5. The van der Waals surface area contributed by atoms with Crippen LogP contribution in [0.4, 0.5) is 0 Å². The highest BCUT2D eigenvalue weighted by molar-refractivity contribution is 4.91. The first-order chi connectivity index (χ1) is 11.2. The van der Waals surface area contributed by atoms with Crippen LogP contribution in [0.2, 0.25) is 0 Å². The average molecular weight is 323 g/mol. The second kappa shape index (κ2) is 8.21. The second-order valence-electron chi connectivity index (χ2n) is 6.60. The largest absolute Gasteiger partial charge is 0.390 e. The van der Waals surface area contributed by atoms with Crippen LogP contribution in [-0.4, -0.2) is 101 Å². The van der Waals surface area contributed by atoms with Crippen molar-refractivity contribution in [3.8, 4) is 0 Å². The number of aromatic nitrogens is 2. The van der Waals surface area contributed by atoms with Gasteiger partial charge < -0.3 is 14.4 Å². The van der Waals surface area contributed by atoms with E-state index in [9.17, 15) is 5.11 Å². The van der Waals surface area contributed by atoms with Crippen molar-refractivity contribution < 1.29 is 9.84 Å². The SMILES string of the molecule is Cn1ccnc1CN1CCN(CC(O)CN2CCOCC2)CC1. The topological polar surface area (TPSA) is 57.0 Å². The van der Waals surface area contributed by atoms with Gasteiger partial charge in [-0.15, -0.1) is 0 Å². The summed E-state index contributed by atoms with van der Waals surface area (Å²) in [5.74, 6) is 1.12. The van der Waals surface area contributed by atoms with Gasteiger partial charge in [0.15, 0.2) is 0 Å². The van der Waals surface area contributed by atoms with E-state index in [0.29, 0.717) is 0 Å². The summed E-state index contributed by atoms with van der Waals surface area (Å²) in [6, 6.07) is 0. The van der Waals surface area contributed by atoms with Crippen LogP contribution in [0.3, 0.4) is 0 Å². The molecule has 1 aromatic rings. The summed E-state index contributed by atoms with van der Waals surface area (Å²) < 4.78 is 7.43. The lowest BCUT2D eigenvalue weighted by Crippen LogP contribution is -2.50. The Kier molecular flexibility index (Phi) is 6.02. The van der Waals surface area contributed by atoms with Crippen molar-refractivity contribution in [3.05, 3.63) is 18.2 Å². The smallest absolute Gasteiger partial charge is 0.122 e. The fourth-order valence-electron chi connectivity index (χ4n) is 3.32. The number of aliphatic hydroxyl groups is 1. The summed E-state index contributed by atoms with van der Waals surface area (Å²) in [6.07, 6.45) is 3.58. The summed E-state index contributed by atoms with van der Waals surface area (Å²) in [5.41, 5.74) is 0. The molecule has 130 valence electrons. The standard InChI is InChI=1S/C16H29N5O2/c1-18-3-2-17-16(18)14-20-6-4-19(5-7-20)12-15(22)13-21-8-10-23-11-9-21/h2-3,15,22H,4-14H2,1H3. The Morgan fingerprint density at radius 3 is 2.26 bits per heavy atom. The molecule has 2 aliphatic heterocycles. The lowest BCUT2D eigenvalue weighted by atomic mass is 10.2. The number of imidazole rings is 1. The molecule has 0 aliphatic carbocycles. The molecule has 0 radical (unpaired) electrons. The molecule has 7 heteroatoms. The number of aliphatic hydroxyl groups excluding tert-OH is 1. The molecule has 0 spiro atoms. The molecule has 7 nitrogen and oxygen atoms in total. The van der Waals surface area contributed by atoms with E-state index in [1.165, 1.54) is 0 Å². The zero-order valence-corrected chi connectivity index (χ0v) is 14.1. The lowest BCUT2D eigenvalue weighted by Gasteiger charge is -2.36. The number of piperazine rings is 1. The van der Waals surface area contributed by atoms with Gasteiger partial charge in [0.1, 0.15) is 5.82 Å². The lowest BCUT2D eigenvalue weighted by molar-refractivity contribution is 0.00205. The molecule has 1 N–H and O–H groups in total. The number of hydrogen-bond donors (Lipinski definition) is 1. The maximum absolute atomic E-state index is 10.3. The van der Waals surface area contributed by atoms with Gasteiger partial charge in [0.2, 0.25) is 0 Å². The molecule has 1 aromatic heterocycles.